The molecule has 0 aliphatic carbocycles. The first-order chi connectivity index (χ1) is 8.53. The smallest absolute Gasteiger partial charge is 0.480 e. The highest BCUT2D eigenvalue weighted by Crippen LogP contribution is 2.13. The van der Waals surface area contributed by atoms with E-state index in [2.05, 4.69) is 0 Å². The molecule has 0 aromatic carbocycles. The topological polar surface area (TPSA) is 138 Å². The molecule has 0 amide bonds. The highest BCUT2D eigenvalue weighted by Gasteiger charge is 2.38. The predicted molar refractivity (Wildman–Crippen MR) is 48.7 cm³/mol. The van der Waals surface area contributed by atoms with Crippen molar-refractivity contribution in [2.75, 3.05) is 0 Å². The standard InChI is InChI=1S/C3H7NO2.2C2HF3O2/c1-2(4)3(5)6;2*3-2(4,5)1(6)7/h2H,4H2,1H3,(H,5,6);2*(H,6,7)/t2-;;/m0../s1. The molecule has 0 unspecified atom stereocenters. The van der Waals surface area contributed by atoms with Crippen LogP contribution in [0.15, 0.2) is 0 Å². The Kier molecular flexibility index (Phi) is 10.3. The molecule has 0 fully saturated rings. The number of hydrogen-bond acceptors (Lipinski definition) is 4. The molecule has 0 saturated heterocycles. The third-order valence-electron chi connectivity index (χ3n) is 0.875. The lowest BCUT2D eigenvalue weighted by molar-refractivity contribution is -0.193. The lowest BCUT2D eigenvalue weighted by Gasteiger charge is -1.93. The number of rotatable bonds is 1. The number of carboxylic acids is 3. The first-order valence-corrected chi connectivity index (χ1v) is 4.12. The minimum Gasteiger partial charge on any atom is -0.480 e. The molecule has 0 aromatic rings. The summed E-state index contributed by atoms with van der Waals surface area (Å²) in [6, 6.07) is -0.731. The predicted octanol–water partition coefficient (Wildman–Crippen LogP) is 0.685. The van der Waals surface area contributed by atoms with Gasteiger partial charge in [0, 0.05) is 0 Å². The lowest BCUT2D eigenvalue weighted by atomic mass is 10.4. The number of nitrogens with two attached hydrogens (primary N) is 1. The average molecular weight is 317 g/mol. The molecule has 0 aromatic heterocycles. The van der Waals surface area contributed by atoms with E-state index in [1.807, 2.05) is 0 Å². The third kappa shape index (κ3) is 18.3. The second-order valence-electron chi connectivity index (χ2n) is 2.73. The normalized spacial score (nSPS) is 12.0. The summed E-state index contributed by atoms with van der Waals surface area (Å²) in [5, 5.41) is 22.1. The molecular weight excluding hydrogens is 308 g/mol. The molecule has 20 heavy (non-hydrogen) atoms. The Labute approximate surface area is 106 Å². The lowest BCUT2D eigenvalue weighted by Crippen LogP contribution is -2.25. The molecule has 0 heterocycles. The molecule has 0 rings (SSSR count). The van der Waals surface area contributed by atoms with E-state index < -0.39 is 36.3 Å². The van der Waals surface area contributed by atoms with Crippen LogP contribution in [0.1, 0.15) is 6.92 Å². The summed E-state index contributed by atoms with van der Waals surface area (Å²) >= 11 is 0. The van der Waals surface area contributed by atoms with Crippen LogP contribution in [0.4, 0.5) is 26.3 Å². The van der Waals surface area contributed by atoms with Crippen LogP contribution in [-0.4, -0.2) is 51.6 Å². The Hall–Kier alpha value is -2.05. The first kappa shape index (κ1) is 23.1. The van der Waals surface area contributed by atoms with Crippen molar-refractivity contribution in [3.63, 3.8) is 0 Å². The van der Waals surface area contributed by atoms with Crippen molar-refractivity contribution in [2.45, 2.75) is 25.3 Å². The highest BCUT2D eigenvalue weighted by atomic mass is 19.4. The van der Waals surface area contributed by atoms with Crippen LogP contribution < -0.4 is 5.73 Å². The maximum Gasteiger partial charge on any atom is 0.490 e. The van der Waals surface area contributed by atoms with Gasteiger partial charge in [0.2, 0.25) is 0 Å². The van der Waals surface area contributed by atoms with E-state index in [1.54, 1.807) is 0 Å². The van der Waals surface area contributed by atoms with Crippen LogP contribution in [0.5, 0.6) is 0 Å². The summed E-state index contributed by atoms with van der Waals surface area (Å²) in [7, 11) is 0. The molecule has 7 nitrogen and oxygen atoms in total. The summed E-state index contributed by atoms with van der Waals surface area (Å²) in [5.41, 5.74) is 4.84. The third-order valence-corrected chi connectivity index (χ3v) is 0.875. The van der Waals surface area contributed by atoms with Crippen molar-refractivity contribution in [3.8, 4) is 0 Å². The Morgan fingerprint density at radius 2 is 0.950 bits per heavy atom. The van der Waals surface area contributed by atoms with Gasteiger partial charge in [0.05, 0.1) is 0 Å². The van der Waals surface area contributed by atoms with E-state index in [0.717, 1.165) is 0 Å². The van der Waals surface area contributed by atoms with Gasteiger partial charge in [0.25, 0.3) is 0 Å². The molecule has 0 radical (unpaired) electrons. The Morgan fingerprint density at radius 1 is 0.850 bits per heavy atom. The number of halogens is 6. The molecular formula is C7H9F6NO6. The molecule has 1 atom stereocenters. The van der Waals surface area contributed by atoms with E-state index in [4.69, 9.17) is 30.6 Å². The minimum absolute atomic E-state index is 0.731. The summed E-state index contributed by atoms with van der Waals surface area (Å²) in [6.07, 6.45) is -10.2. The van der Waals surface area contributed by atoms with Gasteiger partial charge in [-0.3, -0.25) is 4.79 Å². The van der Waals surface area contributed by atoms with Crippen LogP contribution in [0.3, 0.4) is 0 Å². The second kappa shape index (κ2) is 8.95. The highest BCUT2D eigenvalue weighted by molar-refractivity contribution is 5.73. The number of aliphatic carboxylic acids is 3. The van der Waals surface area contributed by atoms with E-state index in [9.17, 15) is 31.1 Å². The van der Waals surface area contributed by atoms with Crippen molar-refractivity contribution < 1.29 is 56.0 Å². The molecule has 0 aliphatic rings. The molecule has 120 valence electrons. The van der Waals surface area contributed by atoms with Crippen LogP contribution in [0, 0.1) is 0 Å². The van der Waals surface area contributed by atoms with Gasteiger partial charge in [0.15, 0.2) is 0 Å². The van der Waals surface area contributed by atoms with Gasteiger partial charge in [-0.2, -0.15) is 26.3 Å². The summed E-state index contributed by atoms with van der Waals surface area (Å²) in [4.78, 5) is 27.4. The van der Waals surface area contributed by atoms with Crippen LogP contribution in [-0.2, 0) is 14.4 Å². The number of alkyl halides is 6. The number of carbonyl (C=O) groups is 3. The van der Waals surface area contributed by atoms with Gasteiger partial charge in [-0.1, -0.05) is 0 Å². The van der Waals surface area contributed by atoms with E-state index in [0.29, 0.717) is 0 Å². The van der Waals surface area contributed by atoms with Crippen molar-refractivity contribution in [1.82, 2.24) is 0 Å². The van der Waals surface area contributed by atoms with Crippen LogP contribution in [0.2, 0.25) is 0 Å². The van der Waals surface area contributed by atoms with Gasteiger partial charge < -0.3 is 21.1 Å². The Bertz CT molecular complexity index is 312. The molecule has 0 spiro atoms. The van der Waals surface area contributed by atoms with Crippen molar-refractivity contribution in [1.29, 1.82) is 0 Å². The zero-order valence-corrected chi connectivity index (χ0v) is 9.49. The fourth-order valence-corrected chi connectivity index (χ4v) is 0. The van der Waals surface area contributed by atoms with Gasteiger partial charge in [-0.05, 0) is 6.92 Å². The molecule has 5 N–H and O–H groups in total. The zero-order chi connectivity index (χ0) is 17.3. The molecule has 13 heteroatoms. The largest absolute Gasteiger partial charge is 0.490 e. The van der Waals surface area contributed by atoms with Gasteiger partial charge in [-0.15, -0.1) is 0 Å². The second-order valence-corrected chi connectivity index (χ2v) is 2.73. The van der Waals surface area contributed by atoms with Gasteiger partial charge >= 0.3 is 30.3 Å². The Morgan fingerprint density at radius 3 is 0.950 bits per heavy atom. The number of carboxylic acid groups (broad SMARTS) is 3. The summed E-state index contributed by atoms with van der Waals surface area (Å²) < 4.78 is 63.5. The zero-order valence-electron chi connectivity index (χ0n) is 9.49. The summed E-state index contributed by atoms with van der Waals surface area (Å²) in [6.45, 7) is 1.42. The SMILES string of the molecule is C[C@H](N)C(=O)O.O=C(O)C(F)(F)F.O=C(O)C(F)(F)F. The quantitative estimate of drug-likeness (QED) is 0.522. The van der Waals surface area contributed by atoms with Gasteiger partial charge in [0.1, 0.15) is 6.04 Å². The monoisotopic (exact) mass is 317 g/mol. The maximum absolute atomic E-state index is 10.6. The van der Waals surface area contributed by atoms with Gasteiger partial charge in [-0.25, -0.2) is 9.59 Å². The number of hydrogen-bond donors (Lipinski definition) is 4. The minimum atomic E-state index is -5.08. The molecule has 0 bridgehead atoms. The van der Waals surface area contributed by atoms with E-state index in [1.165, 1.54) is 6.92 Å². The van der Waals surface area contributed by atoms with Crippen molar-refractivity contribution >= 4 is 17.9 Å². The van der Waals surface area contributed by atoms with E-state index >= 15 is 0 Å². The molecule has 0 saturated carbocycles. The van der Waals surface area contributed by atoms with E-state index in [-0.39, 0.29) is 0 Å². The van der Waals surface area contributed by atoms with Crippen molar-refractivity contribution in [2.24, 2.45) is 5.73 Å². The Balaban J connectivity index is -0.000000218. The fraction of sp³-hybridized carbons (Fsp3) is 0.571. The first-order valence-electron chi connectivity index (χ1n) is 4.12. The molecule has 0 aliphatic heterocycles. The van der Waals surface area contributed by atoms with Crippen molar-refractivity contribution in [3.05, 3.63) is 0 Å². The fourth-order valence-electron chi connectivity index (χ4n) is 0. The maximum atomic E-state index is 10.6. The van der Waals surface area contributed by atoms with Crippen LogP contribution in [0.25, 0.3) is 0 Å². The average Bonchev–Trinajstić information content (AvgIpc) is 2.15. The van der Waals surface area contributed by atoms with Crippen LogP contribution >= 0.6 is 0 Å². The summed E-state index contributed by atoms with van der Waals surface area (Å²) in [5.74, 6) is -6.48.